The molecule has 2 atom stereocenters. The zero-order valence-corrected chi connectivity index (χ0v) is 14.6. The summed E-state index contributed by atoms with van der Waals surface area (Å²) in [6.07, 6.45) is 4.91. The number of aliphatic imine (C=N–C) groups is 1. The monoisotopic (exact) mass is 338 g/mol. The number of carbonyl (C=O) groups is 1. The van der Waals surface area contributed by atoms with E-state index < -0.39 is 5.91 Å². The number of hydrogen-bond donors (Lipinski definition) is 3. The predicted molar refractivity (Wildman–Crippen MR) is 94.7 cm³/mol. The SMILES string of the molecule is CCSC1CCCC(NC(=NC)NCc2ccc(C(N)=O)o2)C1. The van der Waals surface area contributed by atoms with Gasteiger partial charge in [-0.05, 0) is 37.1 Å². The lowest BCUT2D eigenvalue weighted by Gasteiger charge is -2.30. The third-order valence-electron chi connectivity index (χ3n) is 3.93. The number of primary amides is 1. The highest BCUT2D eigenvalue weighted by Crippen LogP contribution is 2.28. The lowest BCUT2D eigenvalue weighted by molar-refractivity contribution is 0.0972. The van der Waals surface area contributed by atoms with Crippen molar-refractivity contribution in [1.29, 1.82) is 0 Å². The van der Waals surface area contributed by atoms with Crippen molar-refractivity contribution in [2.45, 2.75) is 50.4 Å². The predicted octanol–water partition coefficient (Wildman–Crippen LogP) is 2.11. The van der Waals surface area contributed by atoms with Gasteiger partial charge < -0.3 is 20.8 Å². The minimum absolute atomic E-state index is 0.177. The van der Waals surface area contributed by atoms with Crippen LogP contribution in [0.1, 0.15) is 48.9 Å². The highest BCUT2D eigenvalue weighted by molar-refractivity contribution is 7.99. The zero-order valence-electron chi connectivity index (χ0n) is 13.8. The molecule has 1 amide bonds. The van der Waals surface area contributed by atoms with Crippen molar-refractivity contribution in [3.8, 4) is 0 Å². The molecule has 6 nitrogen and oxygen atoms in total. The minimum Gasteiger partial charge on any atom is -0.454 e. The van der Waals surface area contributed by atoms with Crippen LogP contribution < -0.4 is 16.4 Å². The number of hydrogen-bond acceptors (Lipinski definition) is 4. The Morgan fingerprint density at radius 3 is 2.96 bits per heavy atom. The Bertz CT molecular complexity index is 542. The smallest absolute Gasteiger partial charge is 0.284 e. The third kappa shape index (κ3) is 5.49. The average Bonchev–Trinajstić information content (AvgIpc) is 3.01. The summed E-state index contributed by atoms with van der Waals surface area (Å²) in [6, 6.07) is 3.79. The van der Waals surface area contributed by atoms with Gasteiger partial charge in [0.25, 0.3) is 5.91 Å². The van der Waals surface area contributed by atoms with Gasteiger partial charge in [0.1, 0.15) is 5.76 Å². The summed E-state index contributed by atoms with van der Waals surface area (Å²) < 4.78 is 5.36. The van der Waals surface area contributed by atoms with Crippen LogP contribution in [0.5, 0.6) is 0 Å². The third-order valence-corrected chi connectivity index (χ3v) is 5.16. The van der Waals surface area contributed by atoms with E-state index in [-0.39, 0.29) is 5.76 Å². The number of nitrogens with zero attached hydrogens (tertiary/aromatic N) is 1. The van der Waals surface area contributed by atoms with Gasteiger partial charge in [0, 0.05) is 18.3 Å². The topological polar surface area (TPSA) is 92.6 Å². The number of carbonyl (C=O) groups excluding carboxylic acids is 1. The largest absolute Gasteiger partial charge is 0.454 e. The lowest BCUT2D eigenvalue weighted by atomic mass is 9.95. The minimum atomic E-state index is -0.555. The molecule has 1 aromatic heterocycles. The first-order valence-corrected chi connectivity index (χ1v) is 9.14. The van der Waals surface area contributed by atoms with Crippen LogP contribution in [0.25, 0.3) is 0 Å². The van der Waals surface area contributed by atoms with E-state index in [2.05, 4.69) is 22.5 Å². The number of furan rings is 1. The normalized spacial score (nSPS) is 21.9. The number of amides is 1. The average molecular weight is 338 g/mol. The van der Waals surface area contributed by atoms with E-state index in [9.17, 15) is 4.79 Å². The van der Waals surface area contributed by atoms with E-state index in [1.807, 2.05) is 11.8 Å². The summed E-state index contributed by atoms with van der Waals surface area (Å²) in [5.41, 5.74) is 5.18. The molecule has 1 fully saturated rings. The van der Waals surface area contributed by atoms with Gasteiger partial charge >= 0.3 is 0 Å². The van der Waals surface area contributed by atoms with Gasteiger partial charge in [-0.3, -0.25) is 9.79 Å². The van der Waals surface area contributed by atoms with Crippen LogP contribution in [0.15, 0.2) is 21.5 Å². The van der Waals surface area contributed by atoms with Crippen LogP contribution in [0.4, 0.5) is 0 Å². The summed E-state index contributed by atoms with van der Waals surface area (Å²) >= 11 is 2.05. The van der Waals surface area contributed by atoms with Crippen molar-refractivity contribution >= 4 is 23.6 Å². The highest BCUT2D eigenvalue weighted by Gasteiger charge is 2.22. The Morgan fingerprint density at radius 2 is 2.30 bits per heavy atom. The maximum atomic E-state index is 11.0. The maximum Gasteiger partial charge on any atom is 0.284 e. The molecule has 128 valence electrons. The molecule has 0 spiro atoms. The fourth-order valence-electron chi connectivity index (χ4n) is 2.83. The Morgan fingerprint density at radius 1 is 1.48 bits per heavy atom. The summed E-state index contributed by atoms with van der Waals surface area (Å²) in [5, 5.41) is 7.45. The molecule has 1 heterocycles. The number of thioether (sulfide) groups is 1. The van der Waals surface area contributed by atoms with Crippen molar-refractivity contribution < 1.29 is 9.21 Å². The molecule has 0 saturated heterocycles. The molecule has 0 aromatic carbocycles. The Labute approximate surface area is 141 Å². The molecule has 0 aliphatic heterocycles. The van der Waals surface area contributed by atoms with Crippen LogP contribution in [0.3, 0.4) is 0 Å². The van der Waals surface area contributed by atoms with E-state index in [0.29, 0.717) is 18.3 Å². The highest BCUT2D eigenvalue weighted by atomic mass is 32.2. The number of rotatable bonds is 6. The first-order chi connectivity index (χ1) is 11.1. The van der Waals surface area contributed by atoms with E-state index >= 15 is 0 Å². The number of nitrogens with two attached hydrogens (primary N) is 1. The molecule has 1 aromatic rings. The van der Waals surface area contributed by atoms with Crippen molar-refractivity contribution in [2.75, 3.05) is 12.8 Å². The molecule has 1 saturated carbocycles. The molecule has 7 heteroatoms. The van der Waals surface area contributed by atoms with Gasteiger partial charge in [-0.15, -0.1) is 0 Å². The summed E-state index contributed by atoms with van der Waals surface area (Å²) in [5.74, 6) is 2.21. The van der Waals surface area contributed by atoms with E-state index in [4.69, 9.17) is 10.2 Å². The van der Waals surface area contributed by atoms with Gasteiger partial charge in [0.05, 0.1) is 6.54 Å². The van der Waals surface area contributed by atoms with Crippen molar-refractivity contribution in [1.82, 2.24) is 10.6 Å². The zero-order chi connectivity index (χ0) is 16.7. The second kappa shape index (κ2) is 8.86. The molecule has 2 unspecified atom stereocenters. The number of guanidine groups is 1. The first-order valence-electron chi connectivity index (χ1n) is 8.09. The van der Waals surface area contributed by atoms with Gasteiger partial charge in [-0.1, -0.05) is 13.3 Å². The van der Waals surface area contributed by atoms with Gasteiger partial charge in [-0.25, -0.2) is 0 Å². The van der Waals surface area contributed by atoms with Crippen LogP contribution in [0, 0.1) is 0 Å². The molecule has 2 rings (SSSR count). The van der Waals surface area contributed by atoms with Gasteiger partial charge in [-0.2, -0.15) is 11.8 Å². The van der Waals surface area contributed by atoms with Crippen molar-refractivity contribution in [2.24, 2.45) is 10.7 Å². The van der Waals surface area contributed by atoms with Crippen LogP contribution in [-0.4, -0.2) is 36.0 Å². The quantitative estimate of drug-likeness (QED) is 0.546. The summed E-state index contributed by atoms with van der Waals surface area (Å²) in [6.45, 7) is 2.68. The van der Waals surface area contributed by atoms with Crippen LogP contribution in [-0.2, 0) is 6.54 Å². The van der Waals surface area contributed by atoms with Crippen LogP contribution in [0.2, 0.25) is 0 Å². The van der Waals surface area contributed by atoms with Gasteiger partial charge in [0.15, 0.2) is 11.7 Å². The molecule has 1 aliphatic rings. The second-order valence-corrected chi connectivity index (χ2v) is 7.22. The lowest BCUT2D eigenvalue weighted by Crippen LogP contribution is -2.45. The van der Waals surface area contributed by atoms with Crippen molar-refractivity contribution in [3.05, 3.63) is 23.7 Å². The molecule has 23 heavy (non-hydrogen) atoms. The molecule has 4 N–H and O–H groups in total. The summed E-state index contributed by atoms with van der Waals surface area (Å²) in [7, 11) is 1.76. The number of nitrogens with one attached hydrogen (secondary N) is 2. The van der Waals surface area contributed by atoms with E-state index in [1.165, 1.54) is 31.4 Å². The standard InChI is InChI=1S/C16H26N4O2S/c1-3-23-13-6-4-5-11(9-13)20-16(18-2)19-10-12-7-8-14(22-12)15(17)21/h7-8,11,13H,3-6,9-10H2,1-2H3,(H2,17,21)(H2,18,19,20). The molecular formula is C16H26N4O2S. The summed E-state index contributed by atoms with van der Waals surface area (Å²) in [4.78, 5) is 15.3. The fourth-order valence-corrected chi connectivity index (χ4v) is 4.00. The van der Waals surface area contributed by atoms with E-state index in [0.717, 1.165) is 11.2 Å². The van der Waals surface area contributed by atoms with Gasteiger partial charge in [0.2, 0.25) is 0 Å². The second-order valence-electron chi connectivity index (χ2n) is 5.64. The Balaban J connectivity index is 1.81. The van der Waals surface area contributed by atoms with Crippen molar-refractivity contribution in [3.63, 3.8) is 0 Å². The Hall–Kier alpha value is -1.63. The Kier molecular flexibility index (Phi) is 6.83. The van der Waals surface area contributed by atoms with E-state index in [1.54, 1.807) is 19.2 Å². The molecule has 0 bridgehead atoms. The fraction of sp³-hybridized carbons (Fsp3) is 0.625. The first kappa shape index (κ1) is 17.7. The molecular weight excluding hydrogens is 312 g/mol. The van der Waals surface area contributed by atoms with Crippen LogP contribution >= 0.6 is 11.8 Å². The maximum absolute atomic E-state index is 11.0. The molecule has 1 aliphatic carbocycles. The molecule has 0 radical (unpaired) electrons.